The highest BCUT2D eigenvalue weighted by molar-refractivity contribution is 5.56. The SMILES string of the molecule is CCCNc1ncnc(NCC2(N(C)C)CCC2)c1C. The molecule has 0 saturated heterocycles. The summed E-state index contributed by atoms with van der Waals surface area (Å²) in [5, 5.41) is 6.87. The van der Waals surface area contributed by atoms with Crippen LogP contribution in [0.5, 0.6) is 0 Å². The fourth-order valence-electron chi connectivity index (χ4n) is 2.67. The molecule has 1 saturated carbocycles. The molecule has 0 unspecified atom stereocenters. The van der Waals surface area contributed by atoms with Gasteiger partial charge in [-0.2, -0.15) is 0 Å². The molecule has 5 nitrogen and oxygen atoms in total. The van der Waals surface area contributed by atoms with Crippen molar-refractivity contribution in [2.24, 2.45) is 0 Å². The molecule has 0 aromatic carbocycles. The predicted octanol–water partition coefficient (Wildman–Crippen LogP) is 2.50. The van der Waals surface area contributed by atoms with Crippen molar-refractivity contribution in [1.82, 2.24) is 14.9 Å². The topological polar surface area (TPSA) is 53.1 Å². The summed E-state index contributed by atoms with van der Waals surface area (Å²) < 4.78 is 0. The van der Waals surface area contributed by atoms with E-state index >= 15 is 0 Å². The third-order valence-corrected chi connectivity index (χ3v) is 4.44. The molecule has 0 spiro atoms. The lowest BCUT2D eigenvalue weighted by atomic mass is 9.75. The van der Waals surface area contributed by atoms with Crippen LogP contribution in [0.1, 0.15) is 38.2 Å². The molecule has 20 heavy (non-hydrogen) atoms. The predicted molar refractivity (Wildman–Crippen MR) is 84.3 cm³/mol. The van der Waals surface area contributed by atoms with E-state index in [-0.39, 0.29) is 0 Å². The fourth-order valence-corrected chi connectivity index (χ4v) is 2.67. The van der Waals surface area contributed by atoms with Gasteiger partial charge in [0.15, 0.2) is 0 Å². The molecule has 0 bridgehead atoms. The summed E-state index contributed by atoms with van der Waals surface area (Å²) in [6.45, 7) is 6.12. The Morgan fingerprint density at radius 2 is 1.85 bits per heavy atom. The van der Waals surface area contributed by atoms with E-state index in [1.54, 1.807) is 6.33 Å². The van der Waals surface area contributed by atoms with Crippen molar-refractivity contribution in [1.29, 1.82) is 0 Å². The minimum absolute atomic E-state index is 0.300. The Hall–Kier alpha value is -1.36. The van der Waals surface area contributed by atoms with Crippen LogP contribution in [0, 0.1) is 6.92 Å². The lowest BCUT2D eigenvalue weighted by Gasteiger charge is -2.47. The monoisotopic (exact) mass is 277 g/mol. The van der Waals surface area contributed by atoms with E-state index in [0.717, 1.165) is 36.7 Å². The second-order valence-corrected chi connectivity index (χ2v) is 5.95. The lowest BCUT2D eigenvalue weighted by Crippen LogP contribution is -2.54. The summed E-state index contributed by atoms with van der Waals surface area (Å²) in [6, 6.07) is 0. The van der Waals surface area contributed by atoms with Crippen LogP contribution >= 0.6 is 0 Å². The maximum Gasteiger partial charge on any atom is 0.134 e. The number of hydrogen-bond acceptors (Lipinski definition) is 5. The van der Waals surface area contributed by atoms with Gasteiger partial charge in [-0.1, -0.05) is 6.92 Å². The van der Waals surface area contributed by atoms with Crippen LogP contribution in [-0.2, 0) is 0 Å². The van der Waals surface area contributed by atoms with E-state index in [4.69, 9.17) is 0 Å². The number of likely N-dealkylation sites (N-methyl/N-ethyl adjacent to an activating group) is 1. The van der Waals surface area contributed by atoms with E-state index in [0.29, 0.717) is 5.54 Å². The van der Waals surface area contributed by atoms with Crippen molar-refractivity contribution in [3.63, 3.8) is 0 Å². The molecule has 1 heterocycles. The molecule has 1 aromatic heterocycles. The third-order valence-electron chi connectivity index (χ3n) is 4.44. The van der Waals surface area contributed by atoms with Crippen LogP contribution in [0.25, 0.3) is 0 Å². The van der Waals surface area contributed by atoms with E-state index in [1.165, 1.54) is 19.3 Å². The van der Waals surface area contributed by atoms with Crippen LogP contribution in [0.3, 0.4) is 0 Å². The van der Waals surface area contributed by atoms with Gasteiger partial charge in [-0.25, -0.2) is 9.97 Å². The van der Waals surface area contributed by atoms with Crippen molar-refractivity contribution in [2.45, 2.75) is 45.1 Å². The minimum atomic E-state index is 0.300. The molecule has 1 fully saturated rings. The van der Waals surface area contributed by atoms with Crippen LogP contribution in [-0.4, -0.2) is 47.6 Å². The second-order valence-electron chi connectivity index (χ2n) is 5.95. The zero-order valence-electron chi connectivity index (χ0n) is 13.2. The Morgan fingerprint density at radius 1 is 1.20 bits per heavy atom. The summed E-state index contributed by atoms with van der Waals surface area (Å²) in [7, 11) is 4.34. The molecule has 1 aliphatic rings. The first-order valence-electron chi connectivity index (χ1n) is 7.56. The number of nitrogens with one attached hydrogen (secondary N) is 2. The Labute approximate surface area is 122 Å². The molecule has 0 radical (unpaired) electrons. The normalized spacial score (nSPS) is 16.9. The molecule has 0 amide bonds. The summed E-state index contributed by atoms with van der Waals surface area (Å²) in [4.78, 5) is 11.0. The van der Waals surface area contributed by atoms with Crippen LogP contribution < -0.4 is 10.6 Å². The van der Waals surface area contributed by atoms with Crippen molar-refractivity contribution in [3.8, 4) is 0 Å². The molecular weight excluding hydrogens is 250 g/mol. The van der Waals surface area contributed by atoms with Crippen molar-refractivity contribution < 1.29 is 0 Å². The smallest absolute Gasteiger partial charge is 0.134 e. The van der Waals surface area contributed by atoms with Gasteiger partial charge < -0.3 is 15.5 Å². The quantitative estimate of drug-likeness (QED) is 0.802. The van der Waals surface area contributed by atoms with Gasteiger partial charge in [-0.15, -0.1) is 0 Å². The van der Waals surface area contributed by atoms with E-state index in [2.05, 4.69) is 53.4 Å². The average molecular weight is 277 g/mol. The number of aromatic nitrogens is 2. The zero-order valence-corrected chi connectivity index (χ0v) is 13.2. The molecule has 112 valence electrons. The third kappa shape index (κ3) is 3.03. The minimum Gasteiger partial charge on any atom is -0.370 e. The molecule has 1 aromatic rings. The maximum absolute atomic E-state index is 4.39. The van der Waals surface area contributed by atoms with Crippen LogP contribution in [0.4, 0.5) is 11.6 Å². The van der Waals surface area contributed by atoms with Gasteiger partial charge in [0.2, 0.25) is 0 Å². The number of hydrogen-bond donors (Lipinski definition) is 2. The number of rotatable bonds is 7. The maximum atomic E-state index is 4.39. The van der Waals surface area contributed by atoms with Gasteiger partial charge in [-0.3, -0.25) is 0 Å². The summed E-state index contributed by atoms with van der Waals surface area (Å²) in [6.07, 6.45) is 6.58. The van der Waals surface area contributed by atoms with E-state index < -0.39 is 0 Å². The van der Waals surface area contributed by atoms with Crippen molar-refractivity contribution in [2.75, 3.05) is 37.8 Å². The van der Waals surface area contributed by atoms with E-state index in [9.17, 15) is 0 Å². The summed E-state index contributed by atoms with van der Waals surface area (Å²) in [5.74, 6) is 1.89. The zero-order chi connectivity index (χ0) is 14.6. The first-order chi connectivity index (χ1) is 9.59. The average Bonchev–Trinajstić information content (AvgIpc) is 2.37. The van der Waals surface area contributed by atoms with Gasteiger partial charge in [0.1, 0.15) is 18.0 Å². The molecule has 2 N–H and O–H groups in total. The Balaban J connectivity index is 2.02. The summed E-state index contributed by atoms with van der Waals surface area (Å²) in [5.41, 5.74) is 1.41. The first-order valence-corrected chi connectivity index (χ1v) is 7.56. The van der Waals surface area contributed by atoms with Crippen LogP contribution in [0.15, 0.2) is 6.33 Å². The molecular formula is C15H27N5. The van der Waals surface area contributed by atoms with Gasteiger partial charge >= 0.3 is 0 Å². The highest BCUT2D eigenvalue weighted by atomic mass is 15.2. The molecule has 1 aliphatic carbocycles. The van der Waals surface area contributed by atoms with Gasteiger partial charge in [0.25, 0.3) is 0 Å². The largest absolute Gasteiger partial charge is 0.370 e. The summed E-state index contributed by atoms with van der Waals surface area (Å²) >= 11 is 0. The van der Waals surface area contributed by atoms with Crippen molar-refractivity contribution in [3.05, 3.63) is 11.9 Å². The highest BCUT2D eigenvalue weighted by Gasteiger charge is 2.38. The highest BCUT2D eigenvalue weighted by Crippen LogP contribution is 2.36. The Bertz CT molecular complexity index is 440. The standard InChI is InChI=1S/C15H27N5/c1-5-9-16-13-12(2)14(19-11-18-13)17-10-15(20(3)4)7-6-8-15/h11H,5-10H2,1-4H3,(H2,16,17,18,19). The van der Waals surface area contributed by atoms with Gasteiger partial charge in [0.05, 0.1) is 0 Å². The molecule has 0 atom stereocenters. The van der Waals surface area contributed by atoms with Gasteiger partial charge in [0, 0.05) is 24.2 Å². The van der Waals surface area contributed by atoms with Gasteiger partial charge in [-0.05, 0) is 46.7 Å². The lowest BCUT2D eigenvalue weighted by molar-refractivity contribution is 0.0738. The second kappa shape index (κ2) is 6.39. The molecule has 5 heteroatoms. The first kappa shape index (κ1) is 15.0. The van der Waals surface area contributed by atoms with Crippen molar-refractivity contribution >= 4 is 11.6 Å². The van der Waals surface area contributed by atoms with E-state index in [1.807, 2.05) is 0 Å². The molecule has 2 rings (SSSR count). The number of nitrogens with zero attached hydrogens (tertiary/aromatic N) is 3. The fraction of sp³-hybridized carbons (Fsp3) is 0.733. The van der Waals surface area contributed by atoms with Crippen LogP contribution in [0.2, 0.25) is 0 Å². The Kier molecular flexibility index (Phi) is 4.81. The number of anilines is 2. The molecule has 0 aliphatic heterocycles. The Morgan fingerprint density at radius 3 is 2.35 bits per heavy atom.